The molecule has 15 heavy (non-hydrogen) atoms. The molecule has 1 saturated heterocycles. The van der Waals surface area contributed by atoms with Crippen LogP contribution in [-0.2, 0) is 0 Å². The molecule has 2 atom stereocenters. The summed E-state index contributed by atoms with van der Waals surface area (Å²) in [6.45, 7) is 2.81. The summed E-state index contributed by atoms with van der Waals surface area (Å²) in [6.07, 6.45) is 0.911. The van der Waals surface area contributed by atoms with E-state index in [4.69, 9.17) is 5.73 Å². The summed E-state index contributed by atoms with van der Waals surface area (Å²) in [5, 5.41) is 1.92. The molecule has 1 amide bonds. The molecule has 0 aliphatic carbocycles. The molecule has 2 heterocycles. The van der Waals surface area contributed by atoms with E-state index in [-0.39, 0.29) is 18.0 Å². The Bertz CT molecular complexity index is 379. The van der Waals surface area contributed by atoms with E-state index in [0.29, 0.717) is 0 Å². The predicted molar refractivity (Wildman–Crippen MR) is 70.1 cm³/mol. The van der Waals surface area contributed by atoms with Crippen molar-refractivity contribution in [3.8, 4) is 0 Å². The number of hydrogen-bond donors (Lipinski definition) is 1. The van der Waals surface area contributed by atoms with Gasteiger partial charge in [-0.1, -0.05) is 0 Å². The number of nitrogens with two attached hydrogens (primary N) is 1. The maximum atomic E-state index is 12.1. The van der Waals surface area contributed by atoms with Gasteiger partial charge in [0.1, 0.15) is 0 Å². The van der Waals surface area contributed by atoms with E-state index < -0.39 is 0 Å². The second-order valence-electron chi connectivity index (χ2n) is 3.83. The quantitative estimate of drug-likeness (QED) is 0.797. The van der Waals surface area contributed by atoms with Crippen LogP contribution < -0.4 is 5.73 Å². The Labute approximate surface area is 107 Å². The largest absolute Gasteiger partial charge is 0.334 e. The third-order valence-corrected chi connectivity index (χ3v) is 4.68. The van der Waals surface area contributed by atoms with Crippen LogP contribution >= 0.6 is 33.9 Å². The molecule has 5 heteroatoms. The Morgan fingerprint density at radius 2 is 2.47 bits per heavy atom. The molecular weight excluding hydrogens is 323 g/mol. The SMILES string of the molecule is CC1C(N)CCN1C(=O)c1csc(I)c1. The highest BCUT2D eigenvalue weighted by atomic mass is 127. The molecule has 1 aliphatic heterocycles. The summed E-state index contributed by atoms with van der Waals surface area (Å²) in [6, 6.07) is 2.23. The lowest BCUT2D eigenvalue weighted by atomic mass is 10.1. The monoisotopic (exact) mass is 336 g/mol. The minimum absolute atomic E-state index is 0.120. The Kier molecular flexibility index (Phi) is 3.32. The number of amides is 1. The van der Waals surface area contributed by atoms with Crippen molar-refractivity contribution in [1.29, 1.82) is 0 Å². The van der Waals surface area contributed by atoms with Crippen molar-refractivity contribution in [1.82, 2.24) is 4.90 Å². The average Bonchev–Trinajstić information content (AvgIpc) is 2.75. The predicted octanol–water partition coefficient (Wildman–Crippen LogP) is 1.91. The minimum Gasteiger partial charge on any atom is -0.334 e. The molecule has 0 saturated carbocycles. The second-order valence-corrected chi connectivity index (χ2v) is 6.64. The van der Waals surface area contributed by atoms with Gasteiger partial charge in [0, 0.05) is 24.0 Å². The van der Waals surface area contributed by atoms with E-state index in [9.17, 15) is 4.79 Å². The number of halogens is 1. The zero-order valence-corrected chi connectivity index (χ0v) is 11.4. The van der Waals surface area contributed by atoms with E-state index in [1.54, 1.807) is 11.3 Å². The van der Waals surface area contributed by atoms with E-state index in [1.807, 2.05) is 23.3 Å². The number of carbonyl (C=O) groups is 1. The molecule has 0 bridgehead atoms. The first-order valence-electron chi connectivity index (χ1n) is 4.90. The van der Waals surface area contributed by atoms with Crippen LogP contribution in [0.1, 0.15) is 23.7 Å². The molecule has 1 aliphatic rings. The zero-order chi connectivity index (χ0) is 11.0. The van der Waals surface area contributed by atoms with Crippen LogP contribution in [0.4, 0.5) is 0 Å². The Balaban J connectivity index is 2.15. The van der Waals surface area contributed by atoms with Gasteiger partial charge in [0.2, 0.25) is 0 Å². The normalized spacial score (nSPS) is 25.9. The van der Waals surface area contributed by atoms with Gasteiger partial charge in [0.15, 0.2) is 0 Å². The van der Waals surface area contributed by atoms with Gasteiger partial charge in [-0.15, -0.1) is 11.3 Å². The van der Waals surface area contributed by atoms with Crippen molar-refractivity contribution in [3.63, 3.8) is 0 Å². The molecule has 0 aromatic carbocycles. The van der Waals surface area contributed by atoms with Crippen molar-refractivity contribution in [3.05, 3.63) is 19.9 Å². The van der Waals surface area contributed by atoms with Crippen LogP contribution in [0.5, 0.6) is 0 Å². The summed E-state index contributed by atoms with van der Waals surface area (Å²) in [5.74, 6) is 0.120. The number of carbonyl (C=O) groups excluding carboxylic acids is 1. The Morgan fingerprint density at radius 1 is 1.73 bits per heavy atom. The summed E-state index contributed by atoms with van der Waals surface area (Å²) in [4.78, 5) is 14.0. The second kappa shape index (κ2) is 4.39. The standard InChI is InChI=1S/C10H13IN2OS/c1-6-8(12)2-3-13(6)10(14)7-4-9(11)15-5-7/h4-6,8H,2-3,12H2,1H3. The maximum Gasteiger partial charge on any atom is 0.255 e. The lowest BCUT2D eigenvalue weighted by molar-refractivity contribution is 0.0743. The van der Waals surface area contributed by atoms with Gasteiger partial charge in [-0.2, -0.15) is 0 Å². The molecule has 2 rings (SSSR count). The number of hydrogen-bond acceptors (Lipinski definition) is 3. The fourth-order valence-corrected chi connectivity index (χ4v) is 3.16. The molecule has 2 unspecified atom stereocenters. The van der Waals surface area contributed by atoms with Crippen molar-refractivity contribution < 1.29 is 4.79 Å². The maximum absolute atomic E-state index is 12.1. The molecule has 1 aromatic heterocycles. The van der Waals surface area contributed by atoms with E-state index in [2.05, 4.69) is 22.6 Å². The third-order valence-electron chi connectivity index (χ3n) is 2.89. The number of likely N-dealkylation sites (tertiary alicyclic amines) is 1. The smallest absolute Gasteiger partial charge is 0.255 e. The van der Waals surface area contributed by atoms with E-state index in [0.717, 1.165) is 21.4 Å². The lowest BCUT2D eigenvalue weighted by Crippen LogP contribution is -2.40. The number of thiophene rings is 1. The topological polar surface area (TPSA) is 46.3 Å². The number of nitrogens with zero attached hydrogens (tertiary/aromatic N) is 1. The van der Waals surface area contributed by atoms with E-state index in [1.165, 1.54) is 0 Å². The Morgan fingerprint density at radius 3 is 2.93 bits per heavy atom. The van der Waals surface area contributed by atoms with Crippen molar-refractivity contribution in [2.24, 2.45) is 5.73 Å². The van der Waals surface area contributed by atoms with E-state index >= 15 is 0 Å². The van der Waals surface area contributed by atoms with Crippen LogP contribution in [0.15, 0.2) is 11.4 Å². The number of rotatable bonds is 1. The molecular formula is C10H13IN2OS. The minimum atomic E-state index is 0.120. The zero-order valence-electron chi connectivity index (χ0n) is 8.44. The van der Waals surface area contributed by atoms with Gasteiger partial charge in [-0.3, -0.25) is 4.79 Å². The summed E-state index contributed by atoms with van der Waals surface area (Å²) in [5.41, 5.74) is 6.69. The van der Waals surface area contributed by atoms with Crippen molar-refractivity contribution in [2.45, 2.75) is 25.4 Å². The van der Waals surface area contributed by atoms with Gasteiger partial charge >= 0.3 is 0 Å². The van der Waals surface area contributed by atoms with Crippen LogP contribution in [0.2, 0.25) is 0 Å². The lowest BCUT2D eigenvalue weighted by Gasteiger charge is -2.22. The van der Waals surface area contributed by atoms with Crippen LogP contribution in [0.3, 0.4) is 0 Å². The fraction of sp³-hybridized carbons (Fsp3) is 0.500. The highest BCUT2D eigenvalue weighted by Gasteiger charge is 2.32. The molecule has 0 radical (unpaired) electrons. The molecule has 3 nitrogen and oxygen atoms in total. The first-order valence-corrected chi connectivity index (χ1v) is 6.86. The van der Waals surface area contributed by atoms with Crippen LogP contribution in [0, 0.1) is 2.88 Å². The van der Waals surface area contributed by atoms with Crippen molar-refractivity contribution >= 4 is 39.8 Å². The Hall–Kier alpha value is -0.140. The fourth-order valence-electron chi connectivity index (χ4n) is 1.84. The molecule has 82 valence electrons. The summed E-state index contributed by atoms with van der Waals surface area (Å²) >= 11 is 3.83. The van der Waals surface area contributed by atoms with Gasteiger partial charge in [-0.25, -0.2) is 0 Å². The summed E-state index contributed by atoms with van der Waals surface area (Å²) < 4.78 is 1.15. The first-order chi connectivity index (χ1) is 7.09. The van der Waals surface area contributed by atoms with Gasteiger partial charge in [0.05, 0.1) is 8.45 Å². The molecule has 2 N–H and O–H groups in total. The van der Waals surface area contributed by atoms with Gasteiger partial charge < -0.3 is 10.6 Å². The summed E-state index contributed by atoms with van der Waals surface area (Å²) in [7, 11) is 0. The van der Waals surface area contributed by atoms with Crippen molar-refractivity contribution in [2.75, 3.05) is 6.54 Å². The third kappa shape index (κ3) is 2.19. The molecule has 1 aromatic rings. The highest BCUT2D eigenvalue weighted by Crippen LogP contribution is 2.22. The average molecular weight is 336 g/mol. The van der Waals surface area contributed by atoms with Gasteiger partial charge in [-0.05, 0) is 42.0 Å². The van der Waals surface area contributed by atoms with Crippen LogP contribution in [-0.4, -0.2) is 29.4 Å². The van der Waals surface area contributed by atoms with Crippen LogP contribution in [0.25, 0.3) is 0 Å². The molecule has 0 spiro atoms. The van der Waals surface area contributed by atoms with Gasteiger partial charge in [0.25, 0.3) is 5.91 Å². The highest BCUT2D eigenvalue weighted by molar-refractivity contribution is 14.1. The first kappa shape index (κ1) is 11.3. The molecule has 1 fully saturated rings.